The van der Waals surface area contributed by atoms with Gasteiger partial charge in [0, 0.05) is 24.0 Å². The number of methoxy groups -OCH3 is 1. The molecule has 1 aromatic rings. The molecule has 0 fully saturated rings. The van der Waals surface area contributed by atoms with E-state index in [4.69, 9.17) is 0 Å². The first-order valence-corrected chi connectivity index (χ1v) is 6.37. The van der Waals surface area contributed by atoms with Crippen molar-refractivity contribution in [3.8, 4) is 0 Å². The van der Waals surface area contributed by atoms with Gasteiger partial charge < -0.3 is 4.74 Å². The van der Waals surface area contributed by atoms with Crippen LogP contribution < -0.4 is 0 Å². The van der Waals surface area contributed by atoms with E-state index < -0.39 is 0 Å². The highest BCUT2D eigenvalue weighted by atomic mass is 32.1. The molecule has 0 atom stereocenters. The van der Waals surface area contributed by atoms with E-state index in [0.29, 0.717) is 0 Å². The number of ether oxygens (including phenoxy) is 1. The van der Waals surface area contributed by atoms with Crippen molar-refractivity contribution in [3.05, 3.63) is 21.9 Å². The number of rotatable bonds is 2. The Morgan fingerprint density at radius 3 is 1.40 bits per heavy atom. The van der Waals surface area contributed by atoms with E-state index in [1.165, 1.54) is 29.0 Å². The molecule has 0 aliphatic heterocycles. The Morgan fingerprint density at radius 2 is 1.33 bits per heavy atom. The fraction of sp³-hybridized carbons (Fsp3) is 0.692. The summed E-state index contributed by atoms with van der Waals surface area (Å²) in [6, 6.07) is 4.28. The standard InChI is InChI=1S/C6H8S.C5H12.C2H6O/c1-5-3-4-6(2)7-5;1-3-5-4-2;1-3-2/h3-4H,1-2H3;3-5H2,1-2H3;1-2H3. The quantitative estimate of drug-likeness (QED) is 0.707. The van der Waals surface area contributed by atoms with Crippen molar-refractivity contribution in [2.24, 2.45) is 0 Å². The Hall–Kier alpha value is -0.340. The predicted octanol–water partition coefficient (Wildman–Crippen LogP) is 4.82. The van der Waals surface area contributed by atoms with Crippen LogP contribution in [-0.2, 0) is 4.74 Å². The van der Waals surface area contributed by atoms with Crippen molar-refractivity contribution in [2.45, 2.75) is 47.0 Å². The van der Waals surface area contributed by atoms with Crippen LogP contribution in [-0.4, -0.2) is 14.2 Å². The smallest absolute Gasteiger partial charge is 0.0351 e. The number of hydrogen-bond donors (Lipinski definition) is 0. The topological polar surface area (TPSA) is 9.23 Å². The lowest BCUT2D eigenvalue weighted by atomic mass is 10.3. The molecule has 1 rings (SSSR count). The first kappa shape index (κ1) is 17.1. The normalized spacial score (nSPS) is 8.40. The van der Waals surface area contributed by atoms with Gasteiger partial charge in [-0.3, -0.25) is 0 Å². The van der Waals surface area contributed by atoms with E-state index in [-0.39, 0.29) is 0 Å². The van der Waals surface area contributed by atoms with Crippen molar-refractivity contribution in [1.29, 1.82) is 0 Å². The summed E-state index contributed by atoms with van der Waals surface area (Å²) < 4.78 is 4.25. The minimum atomic E-state index is 1.34. The van der Waals surface area contributed by atoms with E-state index >= 15 is 0 Å². The molecule has 0 saturated carbocycles. The first-order valence-electron chi connectivity index (χ1n) is 5.55. The van der Waals surface area contributed by atoms with Gasteiger partial charge in [-0.05, 0) is 26.0 Å². The number of thiophene rings is 1. The lowest BCUT2D eigenvalue weighted by molar-refractivity contribution is 0.277. The van der Waals surface area contributed by atoms with Gasteiger partial charge in [0.05, 0.1) is 0 Å². The summed E-state index contributed by atoms with van der Waals surface area (Å²) >= 11 is 1.84. The third-order valence-corrected chi connectivity index (χ3v) is 2.50. The summed E-state index contributed by atoms with van der Waals surface area (Å²) in [7, 11) is 3.25. The van der Waals surface area contributed by atoms with Gasteiger partial charge in [-0.2, -0.15) is 0 Å². The van der Waals surface area contributed by atoms with Crippen LogP contribution in [0.25, 0.3) is 0 Å². The average molecular weight is 230 g/mol. The Labute approximate surface area is 99.5 Å². The molecule has 90 valence electrons. The molecule has 1 aromatic heterocycles. The molecule has 1 nitrogen and oxygen atoms in total. The second-order valence-electron chi connectivity index (χ2n) is 3.42. The van der Waals surface area contributed by atoms with E-state index in [0.717, 1.165) is 0 Å². The minimum absolute atomic E-state index is 1.34. The van der Waals surface area contributed by atoms with Crippen molar-refractivity contribution in [2.75, 3.05) is 14.2 Å². The van der Waals surface area contributed by atoms with Crippen LogP contribution in [0.15, 0.2) is 12.1 Å². The van der Waals surface area contributed by atoms with Gasteiger partial charge in [0.2, 0.25) is 0 Å². The lowest BCUT2D eigenvalue weighted by Crippen LogP contribution is -1.59. The molecular formula is C13H26OS. The van der Waals surface area contributed by atoms with Gasteiger partial charge in [-0.25, -0.2) is 0 Å². The largest absolute Gasteiger partial charge is 0.388 e. The average Bonchev–Trinajstić information content (AvgIpc) is 2.54. The maximum atomic E-state index is 4.25. The highest BCUT2D eigenvalue weighted by Crippen LogP contribution is 2.12. The molecule has 0 amide bonds. The molecule has 0 bridgehead atoms. The summed E-state index contributed by atoms with van der Waals surface area (Å²) in [6.45, 7) is 8.67. The van der Waals surface area contributed by atoms with E-state index in [1.54, 1.807) is 14.2 Å². The molecule has 1 heterocycles. The van der Waals surface area contributed by atoms with Gasteiger partial charge >= 0.3 is 0 Å². The summed E-state index contributed by atoms with van der Waals surface area (Å²) in [6.07, 6.45) is 4.08. The molecular weight excluding hydrogens is 204 g/mol. The van der Waals surface area contributed by atoms with E-state index in [1.807, 2.05) is 11.3 Å². The van der Waals surface area contributed by atoms with Crippen LogP contribution in [0.4, 0.5) is 0 Å². The number of unbranched alkanes of at least 4 members (excludes halogenated alkanes) is 2. The van der Waals surface area contributed by atoms with Crippen LogP contribution in [0, 0.1) is 13.8 Å². The SMILES string of the molecule is CCCCC.COC.Cc1ccc(C)s1. The zero-order valence-electron chi connectivity index (χ0n) is 11.1. The molecule has 0 radical (unpaired) electrons. The van der Waals surface area contributed by atoms with E-state index in [9.17, 15) is 0 Å². The number of hydrogen-bond acceptors (Lipinski definition) is 2. The molecule has 0 saturated heterocycles. The molecule has 2 heteroatoms. The maximum absolute atomic E-state index is 4.25. The van der Waals surface area contributed by atoms with Crippen molar-refractivity contribution in [1.82, 2.24) is 0 Å². The van der Waals surface area contributed by atoms with Gasteiger partial charge in [0.15, 0.2) is 0 Å². The second kappa shape index (κ2) is 13.7. The van der Waals surface area contributed by atoms with Crippen LogP contribution in [0.3, 0.4) is 0 Å². The fourth-order valence-corrected chi connectivity index (χ4v) is 1.69. The summed E-state index contributed by atoms with van der Waals surface area (Å²) in [5.41, 5.74) is 0. The molecule has 15 heavy (non-hydrogen) atoms. The molecule has 0 N–H and O–H groups in total. The minimum Gasteiger partial charge on any atom is -0.388 e. The first-order chi connectivity index (χ1) is 7.12. The third kappa shape index (κ3) is 16.3. The molecule has 0 aliphatic carbocycles. The highest BCUT2D eigenvalue weighted by Gasteiger charge is 1.84. The molecule has 0 spiro atoms. The van der Waals surface area contributed by atoms with Gasteiger partial charge in [-0.15, -0.1) is 11.3 Å². The lowest BCUT2D eigenvalue weighted by Gasteiger charge is -1.79. The van der Waals surface area contributed by atoms with Crippen molar-refractivity contribution < 1.29 is 4.74 Å². The second-order valence-corrected chi connectivity index (χ2v) is 4.91. The van der Waals surface area contributed by atoms with Gasteiger partial charge in [0.1, 0.15) is 0 Å². The fourth-order valence-electron chi connectivity index (χ4n) is 0.910. The third-order valence-electron chi connectivity index (χ3n) is 1.58. The Morgan fingerprint density at radius 1 is 1.00 bits per heavy atom. The number of aryl methyl sites for hydroxylation is 2. The van der Waals surface area contributed by atoms with Gasteiger partial charge in [0.25, 0.3) is 0 Å². The van der Waals surface area contributed by atoms with Crippen LogP contribution >= 0.6 is 11.3 Å². The predicted molar refractivity (Wildman–Crippen MR) is 71.9 cm³/mol. The Balaban J connectivity index is 0. The van der Waals surface area contributed by atoms with Crippen LogP contribution in [0.2, 0.25) is 0 Å². The summed E-state index contributed by atoms with van der Waals surface area (Å²) in [5.74, 6) is 0. The van der Waals surface area contributed by atoms with Crippen molar-refractivity contribution >= 4 is 11.3 Å². The Kier molecular flexibility index (Phi) is 15.5. The zero-order chi connectivity index (χ0) is 12.1. The monoisotopic (exact) mass is 230 g/mol. The zero-order valence-corrected chi connectivity index (χ0v) is 11.9. The van der Waals surface area contributed by atoms with Crippen LogP contribution in [0.5, 0.6) is 0 Å². The Bertz CT molecular complexity index is 188. The molecule has 0 aromatic carbocycles. The van der Waals surface area contributed by atoms with E-state index in [2.05, 4.69) is 44.6 Å². The maximum Gasteiger partial charge on any atom is 0.0351 e. The van der Waals surface area contributed by atoms with Gasteiger partial charge in [-0.1, -0.05) is 33.1 Å². The molecule has 0 aliphatic rings. The molecule has 0 unspecified atom stereocenters. The summed E-state index contributed by atoms with van der Waals surface area (Å²) in [4.78, 5) is 2.80. The van der Waals surface area contributed by atoms with Crippen molar-refractivity contribution in [3.63, 3.8) is 0 Å². The highest BCUT2D eigenvalue weighted by molar-refractivity contribution is 7.11. The van der Waals surface area contributed by atoms with Crippen LogP contribution in [0.1, 0.15) is 42.9 Å². The summed E-state index contributed by atoms with van der Waals surface area (Å²) in [5, 5.41) is 0.